The van der Waals surface area contributed by atoms with Crippen molar-refractivity contribution in [1.29, 1.82) is 0 Å². The summed E-state index contributed by atoms with van der Waals surface area (Å²) in [5, 5.41) is 6.82. The second-order valence-corrected chi connectivity index (χ2v) is 5.27. The lowest BCUT2D eigenvalue weighted by atomic mass is 10.1. The Morgan fingerprint density at radius 1 is 1.29 bits per heavy atom. The molecule has 2 rings (SSSR count). The predicted octanol–water partition coefficient (Wildman–Crippen LogP) is 2.40. The van der Waals surface area contributed by atoms with Gasteiger partial charge in [-0.05, 0) is 24.6 Å². The van der Waals surface area contributed by atoms with Gasteiger partial charge in [0.2, 0.25) is 11.8 Å². The van der Waals surface area contributed by atoms with Crippen LogP contribution in [0.15, 0.2) is 29.0 Å². The molecule has 0 saturated heterocycles. The Morgan fingerprint density at radius 2 is 2.00 bits per heavy atom. The fourth-order valence-corrected chi connectivity index (χ4v) is 1.87. The molecule has 0 saturated carbocycles. The van der Waals surface area contributed by atoms with Crippen LogP contribution in [0.4, 0.5) is 0 Å². The topological polar surface area (TPSA) is 80.9 Å². The Morgan fingerprint density at radius 3 is 2.62 bits per heavy atom. The van der Waals surface area contributed by atoms with Crippen molar-refractivity contribution >= 4 is 5.91 Å². The number of aryl methyl sites for hydroxylation is 1. The molecule has 112 valence electrons. The number of hydrogen-bond donors (Lipinski definition) is 1. The largest absolute Gasteiger partial charge is 0.350 e. The van der Waals surface area contributed by atoms with Crippen LogP contribution < -0.4 is 5.32 Å². The van der Waals surface area contributed by atoms with E-state index < -0.39 is 0 Å². The van der Waals surface area contributed by atoms with E-state index in [4.69, 9.17) is 4.52 Å². The molecule has 1 amide bonds. The lowest BCUT2D eigenvalue weighted by molar-refractivity contribution is -0.121. The summed E-state index contributed by atoms with van der Waals surface area (Å²) in [6.45, 7) is 5.94. The molecule has 0 bridgehead atoms. The first-order valence-corrected chi connectivity index (χ1v) is 7.08. The number of amides is 1. The van der Waals surface area contributed by atoms with Gasteiger partial charge in [-0.15, -0.1) is 0 Å². The van der Waals surface area contributed by atoms with Crippen molar-refractivity contribution in [2.24, 2.45) is 0 Å². The van der Waals surface area contributed by atoms with E-state index in [9.17, 15) is 4.79 Å². The van der Waals surface area contributed by atoms with Crippen molar-refractivity contribution in [3.63, 3.8) is 0 Å². The predicted molar refractivity (Wildman–Crippen MR) is 77.5 cm³/mol. The Kier molecular flexibility index (Phi) is 5.03. The normalized spacial score (nSPS) is 12.4. The second-order valence-electron chi connectivity index (χ2n) is 5.27. The molecular weight excluding hydrogens is 268 g/mol. The third-order valence-electron chi connectivity index (χ3n) is 3.15. The van der Waals surface area contributed by atoms with Gasteiger partial charge in [-0.1, -0.05) is 19.0 Å². The first-order valence-electron chi connectivity index (χ1n) is 7.08. The summed E-state index contributed by atoms with van der Waals surface area (Å²) in [4.78, 5) is 20.1. The van der Waals surface area contributed by atoms with Gasteiger partial charge in [0, 0.05) is 31.2 Å². The summed E-state index contributed by atoms with van der Waals surface area (Å²) in [5.74, 6) is 1.37. The number of pyridine rings is 1. The molecule has 0 aromatic carbocycles. The van der Waals surface area contributed by atoms with Crippen LogP contribution in [0, 0.1) is 0 Å². The zero-order valence-corrected chi connectivity index (χ0v) is 12.5. The van der Waals surface area contributed by atoms with Crippen LogP contribution in [0.1, 0.15) is 56.4 Å². The molecule has 2 aromatic rings. The molecule has 0 aliphatic carbocycles. The van der Waals surface area contributed by atoms with Gasteiger partial charge in [0.1, 0.15) is 0 Å². The standard InChI is InChI=1S/C15H20N4O2/c1-10(2)15-18-14(21-19-15)5-4-13(20)17-11(3)12-6-8-16-9-7-12/h6-11H,4-5H2,1-3H3,(H,17,20)/t11-/m0/s1. The summed E-state index contributed by atoms with van der Waals surface area (Å²) in [6, 6.07) is 3.73. The number of nitrogens with one attached hydrogen (secondary N) is 1. The highest BCUT2D eigenvalue weighted by molar-refractivity contribution is 5.76. The molecule has 0 unspecified atom stereocenters. The zero-order chi connectivity index (χ0) is 15.2. The van der Waals surface area contributed by atoms with E-state index in [0.717, 1.165) is 5.56 Å². The van der Waals surface area contributed by atoms with E-state index in [1.807, 2.05) is 32.9 Å². The van der Waals surface area contributed by atoms with Crippen LogP contribution >= 0.6 is 0 Å². The van der Waals surface area contributed by atoms with Crippen molar-refractivity contribution in [2.75, 3.05) is 0 Å². The first-order chi connectivity index (χ1) is 10.1. The third kappa shape index (κ3) is 4.37. The molecule has 0 spiro atoms. The van der Waals surface area contributed by atoms with Crippen molar-refractivity contribution < 1.29 is 9.32 Å². The zero-order valence-electron chi connectivity index (χ0n) is 12.5. The lowest BCUT2D eigenvalue weighted by Gasteiger charge is -2.13. The molecule has 1 N–H and O–H groups in total. The van der Waals surface area contributed by atoms with Crippen LogP contribution in [0.3, 0.4) is 0 Å². The number of carbonyl (C=O) groups is 1. The number of carbonyl (C=O) groups excluding carboxylic acids is 1. The van der Waals surface area contributed by atoms with Crippen molar-refractivity contribution in [3.05, 3.63) is 41.8 Å². The summed E-state index contributed by atoms with van der Waals surface area (Å²) in [5.41, 5.74) is 1.03. The number of hydrogen-bond acceptors (Lipinski definition) is 5. The molecule has 1 atom stereocenters. The van der Waals surface area contributed by atoms with Crippen LogP contribution in [-0.2, 0) is 11.2 Å². The lowest BCUT2D eigenvalue weighted by Crippen LogP contribution is -2.26. The van der Waals surface area contributed by atoms with Crippen LogP contribution in [0.5, 0.6) is 0 Å². The summed E-state index contributed by atoms with van der Waals surface area (Å²) in [7, 11) is 0. The van der Waals surface area contributed by atoms with E-state index in [2.05, 4.69) is 20.4 Å². The van der Waals surface area contributed by atoms with Crippen LogP contribution in [0.2, 0.25) is 0 Å². The maximum atomic E-state index is 11.9. The minimum Gasteiger partial charge on any atom is -0.350 e. The minimum atomic E-state index is -0.0468. The molecule has 0 radical (unpaired) electrons. The van der Waals surface area contributed by atoms with E-state index >= 15 is 0 Å². The Labute approximate surface area is 124 Å². The van der Waals surface area contributed by atoms with Crippen LogP contribution in [-0.4, -0.2) is 21.0 Å². The fourth-order valence-electron chi connectivity index (χ4n) is 1.87. The Hall–Kier alpha value is -2.24. The van der Waals surface area contributed by atoms with Gasteiger partial charge in [-0.2, -0.15) is 4.98 Å². The quantitative estimate of drug-likeness (QED) is 0.882. The smallest absolute Gasteiger partial charge is 0.227 e. The summed E-state index contributed by atoms with van der Waals surface area (Å²) < 4.78 is 5.12. The highest BCUT2D eigenvalue weighted by atomic mass is 16.5. The molecule has 0 fully saturated rings. The average molecular weight is 288 g/mol. The summed E-state index contributed by atoms with van der Waals surface area (Å²) >= 11 is 0. The van der Waals surface area contributed by atoms with Crippen molar-refractivity contribution in [1.82, 2.24) is 20.4 Å². The van der Waals surface area contributed by atoms with Gasteiger partial charge < -0.3 is 9.84 Å². The van der Waals surface area contributed by atoms with E-state index in [-0.39, 0.29) is 17.9 Å². The maximum Gasteiger partial charge on any atom is 0.227 e. The van der Waals surface area contributed by atoms with E-state index in [1.165, 1.54) is 0 Å². The van der Waals surface area contributed by atoms with E-state index in [1.54, 1.807) is 12.4 Å². The van der Waals surface area contributed by atoms with Gasteiger partial charge in [0.05, 0.1) is 6.04 Å². The van der Waals surface area contributed by atoms with E-state index in [0.29, 0.717) is 24.6 Å². The molecule has 6 nitrogen and oxygen atoms in total. The monoisotopic (exact) mass is 288 g/mol. The maximum absolute atomic E-state index is 11.9. The summed E-state index contributed by atoms with van der Waals surface area (Å²) in [6.07, 6.45) is 4.21. The third-order valence-corrected chi connectivity index (χ3v) is 3.15. The second kappa shape index (κ2) is 6.97. The van der Waals surface area contributed by atoms with Crippen molar-refractivity contribution in [2.45, 2.75) is 45.6 Å². The SMILES string of the molecule is CC(C)c1noc(CCC(=O)N[C@@H](C)c2ccncc2)n1. The molecule has 0 aliphatic rings. The molecule has 0 aliphatic heterocycles. The molecule has 21 heavy (non-hydrogen) atoms. The van der Waals surface area contributed by atoms with Crippen LogP contribution in [0.25, 0.3) is 0 Å². The van der Waals surface area contributed by atoms with Crippen molar-refractivity contribution in [3.8, 4) is 0 Å². The number of aromatic nitrogens is 3. The average Bonchev–Trinajstić information content (AvgIpc) is 2.95. The van der Waals surface area contributed by atoms with Gasteiger partial charge in [0.15, 0.2) is 5.82 Å². The molecule has 2 aromatic heterocycles. The van der Waals surface area contributed by atoms with Gasteiger partial charge in [0.25, 0.3) is 0 Å². The Bertz CT molecular complexity index is 580. The highest BCUT2D eigenvalue weighted by Gasteiger charge is 2.13. The molecular formula is C15H20N4O2. The van der Waals surface area contributed by atoms with Gasteiger partial charge in [-0.25, -0.2) is 0 Å². The Balaban J connectivity index is 1.82. The highest BCUT2D eigenvalue weighted by Crippen LogP contribution is 2.12. The minimum absolute atomic E-state index is 0.0383. The van der Waals surface area contributed by atoms with Gasteiger partial charge >= 0.3 is 0 Å². The van der Waals surface area contributed by atoms with Gasteiger partial charge in [-0.3, -0.25) is 9.78 Å². The number of nitrogens with zero attached hydrogens (tertiary/aromatic N) is 3. The fraction of sp³-hybridized carbons (Fsp3) is 0.467. The molecule has 2 heterocycles. The molecule has 6 heteroatoms. The first kappa shape index (κ1) is 15.2. The number of rotatable bonds is 6.